The van der Waals surface area contributed by atoms with E-state index >= 15 is 0 Å². The van der Waals surface area contributed by atoms with Crippen LogP contribution in [-0.4, -0.2) is 0 Å². The molecule has 1 aromatic rings. The van der Waals surface area contributed by atoms with E-state index in [-0.39, 0.29) is 5.82 Å². The molecule has 0 N–H and O–H groups in total. The monoisotopic (exact) mass is 218 g/mol. The predicted molar refractivity (Wildman–Crippen MR) is 66.7 cm³/mol. The quantitative estimate of drug-likeness (QED) is 0.503. The van der Waals surface area contributed by atoms with Crippen molar-refractivity contribution in [2.24, 2.45) is 0 Å². The minimum atomic E-state index is -0.221. The summed E-state index contributed by atoms with van der Waals surface area (Å²) in [7, 11) is 0. The highest BCUT2D eigenvalue weighted by Gasteiger charge is 1.94. The van der Waals surface area contributed by atoms with E-state index in [2.05, 4.69) is 18.8 Å². The Labute approximate surface area is 97.9 Å². The third kappa shape index (κ3) is 4.98. The second-order valence-corrected chi connectivity index (χ2v) is 3.95. The largest absolute Gasteiger partial charge is 0.206 e. The molecule has 0 spiro atoms. The number of halogens is 1. The van der Waals surface area contributed by atoms with Gasteiger partial charge in [0.2, 0.25) is 0 Å². The number of hydrogen-bond donors (Lipinski definition) is 0. The molecule has 86 valence electrons. The van der Waals surface area contributed by atoms with E-state index in [1.807, 2.05) is 6.07 Å². The van der Waals surface area contributed by atoms with Gasteiger partial charge >= 0.3 is 0 Å². The van der Waals surface area contributed by atoms with E-state index in [1.54, 1.807) is 12.1 Å². The van der Waals surface area contributed by atoms with Gasteiger partial charge in [0.1, 0.15) is 5.82 Å². The Morgan fingerprint density at radius 2 is 1.81 bits per heavy atom. The zero-order valence-electron chi connectivity index (χ0n) is 9.93. The van der Waals surface area contributed by atoms with Crippen molar-refractivity contribution in [3.8, 4) is 11.8 Å². The van der Waals surface area contributed by atoms with Crippen LogP contribution in [0.5, 0.6) is 0 Å². The van der Waals surface area contributed by atoms with Crippen LogP contribution in [0.1, 0.15) is 51.0 Å². The fraction of sp³-hybridized carbons (Fsp3) is 0.467. The van der Waals surface area contributed by atoms with E-state index < -0.39 is 0 Å². The van der Waals surface area contributed by atoms with E-state index in [4.69, 9.17) is 0 Å². The molecule has 0 saturated heterocycles. The molecule has 0 aliphatic carbocycles. The van der Waals surface area contributed by atoms with Crippen LogP contribution < -0.4 is 0 Å². The van der Waals surface area contributed by atoms with Gasteiger partial charge in [-0.25, -0.2) is 4.39 Å². The fourth-order valence-corrected chi connectivity index (χ4v) is 1.54. The molecule has 0 aliphatic heterocycles. The maximum Gasteiger partial charge on any atom is 0.138 e. The van der Waals surface area contributed by atoms with E-state index in [0.717, 1.165) is 12.8 Å². The predicted octanol–water partition coefficient (Wildman–Crippen LogP) is 4.54. The Balaban J connectivity index is 2.25. The van der Waals surface area contributed by atoms with Crippen LogP contribution in [0.15, 0.2) is 24.3 Å². The minimum Gasteiger partial charge on any atom is -0.206 e. The van der Waals surface area contributed by atoms with Crippen molar-refractivity contribution in [3.63, 3.8) is 0 Å². The fourth-order valence-electron chi connectivity index (χ4n) is 1.54. The van der Waals surface area contributed by atoms with Gasteiger partial charge in [-0.2, -0.15) is 0 Å². The molecule has 0 heterocycles. The molecule has 0 aromatic heterocycles. The van der Waals surface area contributed by atoms with Gasteiger partial charge in [0.15, 0.2) is 0 Å². The second-order valence-electron chi connectivity index (χ2n) is 3.95. The van der Waals surface area contributed by atoms with Crippen LogP contribution in [0.2, 0.25) is 0 Å². The first-order valence-electron chi connectivity index (χ1n) is 6.08. The molecular formula is C15H19F. The van der Waals surface area contributed by atoms with Crippen molar-refractivity contribution in [1.82, 2.24) is 0 Å². The van der Waals surface area contributed by atoms with Crippen LogP contribution in [0, 0.1) is 17.7 Å². The summed E-state index contributed by atoms with van der Waals surface area (Å²) in [6.07, 6.45) is 7.10. The molecule has 1 aromatic carbocycles. The Morgan fingerprint density at radius 3 is 2.56 bits per heavy atom. The molecule has 0 aliphatic rings. The Bertz CT molecular complexity index is 357. The van der Waals surface area contributed by atoms with Crippen molar-refractivity contribution in [3.05, 3.63) is 35.6 Å². The molecule has 0 bridgehead atoms. The van der Waals surface area contributed by atoms with Crippen LogP contribution in [-0.2, 0) is 0 Å². The number of rotatable bonds is 5. The summed E-state index contributed by atoms with van der Waals surface area (Å²) in [4.78, 5) is 0. The molecule has 0 radical (unpaired) electrons. The van der Waals surface area contributed by atoms with Gasteiger partial charge in [0.05, 0.1) is 5.56 Å². The SMILES string of the molecule is CCCCCCCC#Cc1ccccc1F. The van der Waals surface area contributed by atoms with E-state index in [0.29, 0.717) is 5.56 Å². The van der Waals surface area contributed by atoms with Crippen LogP contribution in [0.3, 0.4) is 0 Å². The van der Waals surface area contributed by atoms with Crippen LogP contribution in [0.25, 0.3) is 0 Å². The van der Waals surface area contributed by atoms with Crippen molar-refractivity contribution < 1.29 is 4.39 Å². The lowest BCUT2D eigenvalue weighted by Crippen LogP contribution is -1.81. The summed E-state index contributed by atoms with van der Waals surface area (Å²) in [5, 5.41) is 0. The maximum atomic E-state index is 13.2. The molecule has 0 unspecified atom stereocenters. The summed E-state index contributed by atoms with van der Waals surface area (Å²) >= 11 is 0. The van der Waals surface area contributed by atoms with Crippen LogP contribution in [0.4, 0.5) is 4.39 Å². The third-order valence-corrected chi connectivity index (χ3v) is 2.50. The highest BCUT2D eigenvalue weighted by atomic mass is 19.1. The first-order chi connectivity index (χ1) is 7.84. The topological polar surface area (TPSA) is 0 Å². The Morgan fingerprint density at radius 1 is 1.06 bits per heavy atom. The van der Waals surface area contributed by atoms with Crippen molar-refractivity contribution >= 4 is 0 Å². The number of benzene rings is 1. The highest BCUT2D eigenvalue weighted by Crippen LogP contribution is 2.06. The standard InChI is InChI=1S/C15H19F/c1-2-3-4-5-6-7-8-11-14-12-9-10-13-15(14)16/h9-10,12-13H,2-7H2,1H3. The number of unbranched alkanes of at least 4 members (excludes halogenated alkanes) is 5. The molecule has 0 fully saturated rings. The molecule has 0 amide bonds. The zero-order chi connectivity index (χ0) is 11.6. The van der Waals surface area contributed by atoms with Crippen LogP contribution >= 0.6 is 0 Å². The van der Waals surface area contributed by atoms with Crippen molar-refractivity contribution in [2.75, 3.05) is 0 Å². The summed E-state index contributed by atoms with van der Waals surface area (Å²) in [5.74, 6) is 5.69. The van der Waals surface area contributed by atoms with Gasteiger partial charge in [-0.1, -0.05) is 56.6 Å². The molecule has 16 heavy (non-hydrogen) atoms. The summed E-state index contributed by atoms with van der Waals surface area (Å²) in [5.41, 5.74) is 0.510. The molecule has 0 atom stereocenters. The van der Waals surface area contributed by atoms with Crippen molar-refractivity contribution in [1.29, 1.82) is 0 Å². The number of hydrogen-bond acceptors (Lipinski definition) is 0. The van der Waals surface area contributed by atoms with E-state index in [9.17, 15) is 4.39 Å². The second kappa shape index (κ2) is 7.93. The average Bonchev–Trinajstić information content (AvgIpc) is 2.30. The summed E-state index contributed by atoms with van der Waals surface area (Å²) in [6, 6.07) is 6.67. The lowest BCUT2D eigenvalue weighted by molar-refractivity contribution is 0.624. The highest BCUT2D eigenvalue weighted by molar-refractivity contribution is 5.34. The normalized spacial score (nSPS) is 9.62. The molecular weight excluding hydrogens is 199 g/mol. The van der Waals surface area contributed by atoms with Gasteiger partial charge in [-0.15, -0.1) is 0 Å². The molecule has 1 heteroatoms. The minimum absolute atomic E-state index is 0.221. The van der Waals surface area contributed by atoms with Gasteiger partial charge in [-0.05, 0) is 18.6 Å². The third-order valence-electron chi connectivity index (χ3n) is 2.50. The van der Waals surface area contributed by atoms with Gasteiger partial charge in [0, 0.05) is 6.42 Å². The van der Waals surface area contributed by atoms with Gasteiger partial charge in [-0.3, -0.25) is 0 Å². The van der Waals surface area contributed by atoms with Gasteiger partial charge in [0.25, 0.3) is 0 Å². The van der Waals surface area contributed by atoms with Crippen molar-refractivity contribution in [2.45, 2.75) is 45.4 Å². The zero-order valence-corrected chi connectivity index (χ0v) is 9.93. The Hall–Kier alpha value is -1.29. The summed E-state index contributed by atoms with van der Waals surface area (Å²) < 4.78 is 13.2. The molecule has 0 saturated carbocycles. The lowest BCUT2D eigenvalue weighted by Gasteiger charge is -1.95. The Kier molecular flexibility index (Phi) is 6.33. The first kappa shape index (κ1) is 12.8. The molecule has 0 nitrogen and oxygen atoms in total. The average molecular weight is 218 g/mol. The smallest absolute Gasteiger partial charge is 0.138 e. The van der Waals surface area contributed by atoms with Gasteiger partial charge < -0.3 is 0 Å². The van der Waals surface area contributed by atoms with E-state index in [1.165, 1.54) is 31.7 Å². The first-order valence-corrected chi connectivity index (χ1v) is 6.08. The summed E-state index contributed by atoms with van der Waals surface area (Å²) in [6.45, 7) is 2.21. The maximum absolute atomic E-state index is 13.2. The molecule has 1 rings (SSSR count). The lowest BCUT2D eigenvalue weighted by atomic mass is 10.1.